The van der Waals surface area contributed by atoms with Crippen LogP contribution in [0.4, 0.5) is 0 Å². The summed E-state index contributed by atoms with van der Waals surface area (Å²) in [6.45, 7) is 2.58. The van der Waals surface area contributed by atoms with Gasteiger partial charge in [-0.1, -0.05) is 60.7 Å². The Labute approximate surface area is 162 Å². The highest BCUT2D eigenvalue weighted by Crippen LogP contribution is 2.30. The number of nitrogens with one attached hydrogen (secondary N) is 1. The van der Waals surface area contributed by atoms with Crippen molar-refractivity contribution in [1.82, 2.24) is 0 Å². The zero-order valence-electron chi connectivity index (χ0n) is 15.8. The van der Waals surface area contributed by atoms with Crippen molar-refractivity contribution < 1.29 is 23.0 Å². The summed E-state index contributed by atoms with van der Waals surface area (Å²) >= 11 is 0. The van der Waals surface area contributed by atoms with Crippen molar-refractivity contribution in [3.63, 3.8) is 0 Å². The largest absolute Gasteiger partial charge is 0.748 e. The van der Waals surface area contributed by atoms with Crippen molar-refractivity contribution in [3.8, 4) is 0 Å². The first-order valence-corrected chi connectivity index (χ1v) is 11.2. The lowest BCUT2D eigenvalue weighted by molar-refractivity contribution is -0.959. The number of hydrogen-bond donors (Lipinski definition) is 2. The molecule has 0 radical (unpaired) electrons. The maximum atomic E-state index is 9.84. The Morgan fingerprint density at radius 1 is 0.926 bits per heavy atom. The predicted molar refractivity (Wildman–Crippen MR) is 106 cm³/mol. The summed E-state index contributed by atoms with van der Waals surface area (Å²) in [5, 5.41) is 9.84. The van der Waals surface area contributed by atoms with Crippen LogP contribution in [-0.2, 0) is 15.7 Å². The number of rotatable bonds is 5. The molecule has 3 rings (SSSR count). The van der Waals surface area contributed by atoms with Crippen LogP contribution in [0.25, 0.3) is 0 Å². The molecule has 2 N–H and O–H groups in total. The number of aliphatic hydroxyl groups excluding tert-OH is 1. The smallest absolute Gasteiger partial charge is 0.151 e. The normalized spacial score (nSPS) is 15.7. The predicted octanol–water partition coefficient (Wildman–Crippen LogP) is 1.54. The number of hydrogen-bond acceptors (Lipinski definition) is 4. The second kappa shape index (κ2) is 9.99. The van der Waals surface area contributed by atoms with Gasteiger partial charge in [0, 0.05) is 30.4 Å². The molecule has 0 spiro atoms. The summed E-state index contributed by atoms with van der Waals surface area (Å²) in [4.78, 5) is 1.60. The molecule has 0 unspecified atom stereocenters. The minimum atomic E-state index is -3.92. The molecular formula is C21H29NO4S. The Morgan fingerprint density at radius 3 is 1.70 bits per heavy atom. The number of aliphatic hydroxyl groups is 1. The first-order valence-electron chi connectivity index (χ1n) is 9.36. The molecule has 1 fully saturated rings. The second-order valence-electron chi connectivity index (χ2n) is 6.98. The third-order valence-electron chi connectivity index (χ3n) is 5.08. The van der Waals surface area contributed by atoms with E-state index in [4.69, 9.17) is 13.0 Å². The van der Waals surface area contributed by atoms with E-state index in [1.54, 1.807) is 4.90 Å². The Morgan fingerprint density at radius 2 is 1.33 bits per heavy atom. The minimum Gasteiger partial charge on any atom is -0.748 e. The van der Waals surface area contributed by atoms with Crippen LogP contribution in [0.5, 0.6) is 0 Å². The fourth-order valence-corrected chi connectivity index (χ4v) is 4.06. The average molecular weight is 392 g/mol. The highest BCUT2D eigenvalue weighted by atomic mass is 32.2. The van der Waals surface area contributed by atoms with E-state index in [1.165, 1.54) is 43.5 Å². The van der Waals surface area contributed by atoms with Crippen LogP contribution in [0.15, 0.2) is 60.7 Å². The molecule has 0 amide bonds. The lowest BCUT2D eigenvalue weighted by Crippen LogP contribution is -3.19. The molecule has 0 aromatic heterocycles. The van der Waals surface area contributed by atoms with Crippen molar-refractivity contribution in [2.75, 3.05) is 26.0 Å². The molecule has 2 aromatic rings. The van der Waals surface area contributed by atoms with Crippen molar-refractivity contribution >= 4 is 10.1 Å². The van der Waals surface area contributed by atoms with Crippen molar-refractivity contribution in [1.29, 1.82) is 0 Å². The van der Waals surface area contributed by atoms with Gasteiger partial charge >= 0.3 is 0 Å². The summed E-state index contributed by atoms with van der Waals surface area (Å²) in [7, 11) is -3.92. The molecule has 27 heavy (non-hydrogen) atoms. The molecule has 1 heterocycles. The third-order valence-corrected chi connectivity index (χ3v) is 5.08. The Kier molecular flexibility index (Phi) is 7.98. The number of benzene rings is 2. The van der Waals surface area contributed by atoms with Crippen LogP contribution < -0.4 is 4.90 Å². The topological polar surface area (TPSA) is 81.9 Å². The van der Waals surface area contributed by atoms with Crippen LogP contribution in [0, 0.1) is 0 Å². The van der Waals surface area contributed by atoms with Gasteiger partial charge in [0.05, 0.1) is 23.2 Å². The highest BCUT2D eigenvalue weighted by Gasteiger charge is 2.44. The zero-order chi connectivity index (χ0) is 19.8. The molecule has 2 aromatic carbocycles. The molecule has 0 atom stereocenters. The summed E-state index contributed by atoms with van der Waals surface area (Å²) in [5.41, 5.74) is 2.52. The Balaban J connectivity index is 0.000000465. The molecule has 1 aliphatic rings. The van der Waals surface area contributed by atoms with E-state index < -0.39 is 10.1 Å². The fraction of sp³-hybridized carbons (Fsp3) is 0.429. The first-order chi connectivity index (χ1) is 12.9. The van der Waals surface area contributed by atoms with Gasteiger partial charge in [0.15, 0.2) is 5.54 Å². The van der Waals surface area contributed by atoms with E-state index in [0.29, 0.717) is 6.26 Å². The van der Waals surface area contributed by atoms with Gasteiger partial charge in [0.25, 0.3) is 0 Å². The van der Waals surface area contributed by atoms with Gasteiger partial charge < -0.3 is 14.6 Å². The fourth-order valence-electron chi connectivity index (χ4n) is 4.06. The molecule has 1 aliphatic heterocycles. The molecule has 0 saturated carbocycles. The van der Waals surface area contributed by atoms with E-state index in [9.17, 15) is 5.11 Å². The standard InChI is InChI=1S/C20H25NO.CH4O3S/c22-17-14-20(18-10-4-1-5-11-18,19-12-6-2-7-13-19)21-15-8-3-9-16-21;1-5(2,3)4/h1-2,4-7,10-13,22H,3,8-9,14-17H2;1H3,(H,2,3,4). The van der Waals surface area contributed by atoms with Gasteiger partial charge in [-0.3, -0.25) is 0 Å². The quantitative estimate of drug-likeness (QED) is 0.758. The summed E-state index contributed by atoms with van der Waals surface area (Å²) in [5.74, 6) is 0. The molecular weight excluding hydrogens is 362 g/mol. The SMILES string of the molecule is CS(=O)(=O)[O-].OCCC(c1ccccc1)(c1ccccc1)[NH+]1CCCCC1. The highest BCUT2D eigenvalue weighted by molar-refractivity contribution is 7.84. The number of likely N-dealkylation sites (tertiary alicyclic amines) is 1. The Bertz CT molecular complexity index is 725. The van der Waals surface area contributed by atoms with Crippen LogP contribution >= 0.6 is 0 Å². The monoisotopic (exact) mass is 391 g/mol. The van der Waals surface area contributed by atoms with E-state index in [2.05, 4.69) is 60.7 Å². The first kappa shape index (κ1) is 21.6. The van der Waals surface area contributed by atoms with E-state index in [1.807, 2.05) is 0 Å². The maximum absolute atomic E-state index is 9.84. The minimum absolute atomic E-state index is 0.127. The number of quaternary nitrogens is 1. The van der Waals surface area contributed by atoms with E-state index in [-0.39, 0.29) is 12.1 Å². The molecule has 5 nitrogen and oxygen atoms in total. The molecule has 1 saturated heterocycles. The second-order valence-corrected chi connectivity index (χ2v) is 8.39. The zero-order valence-corrected chi connectivity index (χ0v) is 16.6. The van der Waals surface area contributed by atoms with E-state index >= 15 is 0 Å². The third kappa shape index (κ3) is 6.14. The van der Waals surface area contributed by atoms with Crippen molar-refractivity contribution in [2.45, 2.75) is 31.2 Å². The maximum Gasteiger partial charge on any atom is 0.151 e. The Hall–Kier alpha value is -1.73. The van der Waals surface area contributed by atoms with Crippen molar-refractivity contribution in [2.24, 2.45) is 0 Å². The molecule has 0 bridgehead atoms. The van der Waals surface area contributed by atoms with Crippen LogP contribution in [0.2, 0.25) is 0 Å². The van der Waals surface area contributed by atoms with Crippen molar-refractivity contribution in [3.05, 3.63) is 71.8 Å². The molecule has 6 heteroatoms. The van der Waals surface area contributed by atoms with Crippen LogP contribution in [-0.4, -0.2) is 44.0 Å². The lowest BCUT2D eigenvalue weighted by atomic mass is 9.77. The molecule has 148 valence electrons. The lowest BCUT2D eigenvalue weighted by Gasteiger charge is -2.43. The van der Waals surface area contributed by atoms with Gasteiger partial charge in [-0.15, -0.1) is 0 Å². The summed E-state index contributed by atoms with van der Waals surface area (Å²) < 4.78 is 27.2. The van der Waals surface area contributed by atoms with Gasteiger partial charge in [0.2, 0.25) is 0 Å². The van der Waals surface area contributed by atoms with E-state index in [0.717, 1.165) is 6.42 Å². The molecule has 0 aliphatic carbocycles. The average Bonchev–Trinajstić information content (AvgIpc) is 2.67. The van der Waals surface area contributed by atoms with Crippen LogP contribution in [0.1, 0.15) is 36.8 Å². The van der Waals surface area contributed by atoms with Gasteiger partial charge in [0.1, 0.15) is 0 Å². The summed E-state index contributed by atoms with van der Waals surface area (Å²) in [6, 6.07) is 21.5. The van der Waals surface area contributed by atoms with Gasteiger partial charge in [-0.05, 0) is 19.3 Å². The van der Waals surface area contributed by atoms with Gasteiger partial charge in [-0.2, -0.15) is 0 Å². The number of piperidine rings is 1. The summed E-state index contributed by atoms with van der Waals surface area (Å²) in [6.07, 6.45) is 5.27. The van der Waals surface area contributed by atoms with Crippen LogP contribution in [0.3, 0.4) is 0 Å². The van der Waals surface area contributed by atoms with Gasteiger partial charge in [-0.25, -0.2) is 8.42 Å².